The Kier molecular flexibility index (Phi) is 4.89. The van der Waals surface area contributed by atoms with E-state index < -0.39 is 11.5 Å². The third kappa shape index (κ3) is 3.62. The topological polar surface area (TPSA) is 87.7 Å². The third-order valence-electron chi connectivity index (χ3n) is 4.14. The highest BCUT2D eigenvalue weighted by atomic mass is 32.1. The summed E-state index contributed by atoms with van der Waals surface area (Å²) < 4.78 is 0. The predicted octanol–water partition coefficient (Wildman–Crippen LogP) is 2.82. The van der Waals surface area contributed by atoms with E-state index in [4.69, 9.17) is 0 Å². The zero-order valence-corrected chi connectivity index (χ0v) is 14.6. The molecule has 0 saturated heterocycles. The molecule has 7 heteroatoms. The van der Waals surface area contributed by atoms with Crippen LogP contribution >= 0.6 is 11.3 Å². The SMILES string of the molecule is Cc1nc(-c2ncc(C(=O)NC(C)C3=CCCCC3)c(=O)[nH]2)cs1. The first-order valence-electron chi connectivity index (χ1n) is 8.06. The summed E-state index contributed by atoms with van der Waals surface area (Å²) in [6, 6.07) is -0.0712. The number of aromatic amines is 1. The Morgan fingerprint density at radius 1 is 1.42 bits per heavy atom. The number of allylic oxidation sites excluding steroid dienone is 1. The van der Waals surface area contributed by atoms with Gasteiger partial charge in [0.15, 0.2) is 5.82 Å². The summed E-state index contributed by atoms with van der Waals surface area (Å²) in [6.07, 6.45) is 7.91. The van der Waals surface area contributed by atoms with E-state index in [1.54, 1.807) is 0 Å². The summed E-state index contributed by atoms with van der Waals surface area (Å²) in [6.45, 7) is 3.83. The normalized spacial score (nSPS) is 15.7. The second-order valence-electron chi connectivity index (χ2n) is 5.95. The molecule has 0 aliphatic heterocycles. The predicted molar refractivity (Wildman–Crippen MR) is 94.2 cm³/mol. The van der Waals surface area contributed by atoms with Crippen molar-refractivity contribution in [2.45, 2.75) is 45.6 Å². The standard InChI is InChI=1S/C17H20N4O2S/c1-10(12-6-4-3-5-7-12)19-16(22)13-8-18-15(21-17(13)23)14-9-24-11(2)20-14/h6,8-10H,3-5,7H2,1-2H3,(H,19,22)(H,18,21,23). The van der Waals surface area contributed by atoms with E-state index in [0.29, 0.717) is 11.5 Å². The molecule has 1 aliphatic carbocycles. The Morgan fingerprint density at radius 2 is 2.25 bits per heavy atom. The van der Waals surface area contributed by atoms with Crippen molar-refractivity contribution in [1.82, 2.24) is 20.3 Å². The molecule has 2 aromatic rings. The van der Waals surface area contributed by atoms with Crippen LogP contribution in [0.1, 0.15) is 48.0 Å². The Balaban J connectivity index is 1.75. The van der Waals surface area contributed by atoms with Crippen molar-refractivity contribution in [2.75, 3.05) is 0 Å². The maximum Gasteiger partial charge on any atom is 0.264 e. The monoisotopic (exact) mass is 344 g/mol. The molecule has 24 heavy (non-hydrogen) atoms. The fourth-order valence-electron chi connectivity index (χ4n) is 2.78. The fraction of sp³-hybridized carbons (Fsp3) is 0.412. The number of hydrogen-bond donors (Lipinski definition) is 2. The molecule has 0 radical (unpaired) electrons. The summed E-state index contributed by atoms with van der Waals surface area (Å²) in [5, 5.41) is 5.61. The first-order chi connectivity index (χ1) is 11.5. The average Bonchev–Trinajstić information content (AvgIpc) is 3.02. The van der Waals surface area contributed by atoms with Crippen LogP contribution in [0, 0.1) is 6.92 Å². The number of aryl methyl sites for hydroxylation is 1. The molecule has 0 spiro atoms. The Bertz CT molecular complexity index is 837. The molecule has 0 fully saturated rings. The molecule has 2 aromatic heterocycles. The lowest BCUT2D eigenvalue weighted by atomic mass is 9.94. The minimum Gasteiger partial charge on any atom is -0.346 e. The van der Waals surface area contributed by atoms with Crippen molar-refractivity contribution in [2.24, 2.45) is 0 Å². The number of nitrogens with zero attached hydrogens (tertiary/aromatic N) is 2. The number of carbonyl (C=O) groups is 1. The van der Waals surface area contributed by atoms with Gasteiger partial charge >= 0.3 is 0 Å². The molecule has 2 N–H and O–H groups in total. The van der Waals surface area contributed by atoms with Crippen molar-refractivity contribution < 1.29 is 4.79 Å². The number of aromatic nitrogens is 3. The van der Waals surface area contributed by atoms with Crippen LogP contribution in [0.15, 0.2) is 28.0 Å². The van der Waals surface area contributed by atoms with Crippen molar-refractivity contribution in [3.8, 4) is 11.5 Å². The van der Waals surface area contributed by atoms with Crippen LogP contribution < -0.4 is 10.9 Å². The summed E-state index contributed by atoms with van der Waals surface area (Å²) in [7, 11) is 0. The number of carbonyl (C=O) groups excluding carboxylic acids is 1. The molecule has 0 aromatic carbocycles. The van der Waals surface area contributed by atoms with Gasteiger partial charge in [0.1, 0.15) is 11.3 Å². The number of thiazole rings is 1. The highest BCUT2D eigenvalue weighted by Gasteiger charge is 2.18. The summed E-state index contributed by atoms with van der Waals surface area (Å²) >= 11 is 1.48. The lowest BCUT2D eigenvalue weighted by Gasteiger charge is -2.20. The van der Waals surface area contributed by atoms with Gasteiger partial charge in [-0.3, -0.25) is 9.59 Å². The molecular formula is C17H20N4O2S. The fourth-order valence-corrected chi connectivity index (χ4v) is 3.38. The molecule has 1 atom stereocenters. The second kappa shape index (κ2) is 7.09. The maximum absolute atomic E-state index is 12.4. The van der Waals surface area contributed by atoms with Gasteiger partial charge in [-0.05, 0) is 39.5 Å². The van der Waals surface area contributed by atoms with E-state index in [9.17, 15) is 9.59 Å². The van der Waals surface area contributed by atoms with E-state index in [1.807, 2.05) is 19.2 Å². The molecule has 126 valence electrons. The quantitative estimate of drug-likeness (QED) is 0.835. The van der Waals surface area contributed by atoms with Crippen molar-refractivity contribution in [3.05, 3.63) is 44.2 Å². The van der Waals surface area contributed by atoms with Crippen LogP contribution in [-0.4, -0.2) is 26.9 Å². The van der Waals surface area contributed by atoms with Gasteiger partial charge in [0, 0.05) is 17.6 Å². The maximum atomic E-state index is 12.4. The largest absolute Gasteiger partial charge is 0.346 e. The minimum atomic E-state index is -0.451. The highest BCUT2D eigenvalue weighted by Crippen LogP contribution is 2.20. The minimum absolute atomic E-state index is 0.0222. The van der Waals surface area contributed by atoms with E-state index in [0.717, 1.165) is 24.3 Å². The van der Waals surface area contributed by atoms with Crippen LogP contribution in [0.5, 0.6) is 0 Å². The molecule has 3 rings (SSSR count). The lowest BCUT2D eigenvalue weighted by Crippen LogP contribution is -2.37. The number of H-pyrrole nitrogens is 1. The summed E-state index contributed by atoms with van der Waals surface area (Å²) in [5.74, 6) is -0.0207. The summed E-state index contributed by atoms with van der Waals surface area (Å²) in [4.78, 5) is 35.7. The molecule has 2 heterocycles. The Hall–Kier alpha value is -2.28. The molecule has 0 bridgehead atoms. The average molecular weight is 344 g/mol. The molecule has 1 amide bonds. The zero-order chi connectivity index (χ0) is 17.1. The number of amides is 1. The van der Waals surface area contributed by atoms with Gasteiger partial charge in [0.2, 0.25) is 0 Å². The second-order valence-corrected chi connectivity index (χ2v) is 7.01. The lowest BCUT2D eigenvalue weighted by molar-refractivity contribution is 0.0942. The van der Waals surface area contributed by atoms with Crippen molar-refractivity contribution >= 4 is 17.2 Å². The molecule has 1 aliphatic rings. The van der Waals surface area contributed by atoms with E-state index in [-0.39, 0.29) is 11.6 Å². The highest BCUT2D eigenvalue weighted by molar-refractivity contribution is 7.09. The van der Waals surface area contributed by atoms with Gasteiger partial charge in [-0.2, -0.15) is 0 Å². The van der Waals surface area contributed by atoms with Gasteiger partial charge in [0.05, 0.1) is 5.01 Å². The Labute approximate surface area is 144 Å². The number of nitrogens with one attached hydrogen (secondary N) is 2. The first kappa shape index (κ1) is 16.6. The van der Waals surface area contributed by atoms with Crippen molar-refractivity contribution in [1.29, 1.82) is 0 Å². The molecular weight excluding hydrogens is 324 g/mol. The van der Waals surface area contributed by atoms with E-state index in [1.165, 1.54) is 29.5 Å². The van der Waals surface area contributed by atoms with Gasteiger partial charge in [-0.25, -0.2) is 9.97 Å². The molecule has 6 nitrogen and oxygen atoms in total. The number of rotatable bonds is 4. The van der Waals surface area contributed by atoms with Crippen LogP contribution in [0.4, 0.5) is 0 Å². The summed E-state index contributed by atoms with van der Waals surface area (Å²) in [5.41, 5.74) is 1.41. The van der Waals surface area contributed by atoms with Gasteiger partial charge < -0.3 is 10.3 Å². The van der Waals surface area contributed by atoms with E-state index >= 15 is 0 Å². The smallest absolute Gasteiger partial charge is 0.264 e. The van der Waals surface area contributed by atoms with Gasteiger partial charge in [-0.15, -0.1) is 11.3 Å². The van der Waals surface area contributed by atoms with Gasteiger partial charge in [-0.1, -0.05) is 11.6 Å². The van der Waals surface area contributed by atoms with Crippen LogP contribution in [0.2, 0.25) is 0 Å². The first-order valence-corrected chi connectivity index (χ1v) is 8.94. The Morgan fingerprint density at radius 3 is 2.88 bits per heavy atom. The molecule has 0 saturated carbocycles. The van der Waals surface area contributed by atoms with Crippen molar-refractivity contribution in [3.63, 3.8) is 0 Å². The zero-order valence-electron chi connectivity index (χ0n) is 13.8. The van der Waals surface area contributed by atoms with Crippen LogP contribution in [-0.2, 0) is 0 Å². The third-order valence-corrected chi connectivity index (χ3v) is 4.91. The van der Waals surface area contributed by atoms with Crippen LogP contribution in [0.3, 0.4) is 0 Å². The number of hydrogen-bond acceptors (Lipinski definition) is 5. The van der Waals surface area contributed by atoms with Crippen LogP contribution in [0.25, 0.3) is 11.5 Å². The molecule has 1 unspecified atom stereocenters. The van der Waals surface area contributed by atoms with Gasteiger partial charge in [0.25, 0.3) is 11.5 Å². The van der Waals surface area contributed by atoms with E-state index in [2.05, 4.69) is 26.3 Å².